The Morgan fingerprint density at radius 1 is 1.37 bits per heavy atom. The van der Waals surface area contributed by atoms with Crippen molar-refractivity contribution in [3.63, 3.8) is 0 Å². The summed E-state index contributed by atoms with van der Waals surface area (Å²) in [4.78, 5) is 11.0. The summed E-state index contributed by atoms with van der Waals surface area (Å²) < 4.78 is 1.91. The topological polar surface area (TPSA) is 75.3 Å². The van der Waals surface area contributed by atoms with Gasteiger partial charge in [-0.05, 0) is 38.0 Å². The molecule has 0 spiro atoms. The van der Waals surface area contributed by atoms with E-state index in [0.29, 0.717) is 12.5 Å². The molecule has 2 N–H and O–H groups in total. The lowest BCUT2D eigenvalue weighted by atomic mass is 9.82. The summed E-state index contributed by atoms with van der Waals surface area (Å²) in [7, 11) is 0. The van der Waals surface area contributed by atoms with Crippen LogP contribution in [0.5, 0.6) is 0 Å². The summed E-state index contributed by atoms with van der Waals surface area (Å²) in [6.07, 6.45) is 5.48. The van der Waals surface area contributed by atoms with E-state index >= 15 is 0 Å². The van der Waals surface area contributed by atoms with Crippen molar-refractivity contribution in [1.29, 1.82) is 0 Å². The molecule has 0 amide bonds. The number of carboxylic acids is 1. The van der Waals surface area contributed by atoms with Crippen LogP contribution in [0.25, 0.3) is 0 Å². The zero-order chi connectivity index (χ0) is 13.4. The number of aromatic nitrogens is 2. The van der Waals surface area contributed by atoms with Gasteiger partial charge in [0.15, 0.2) is 0 Å². The van der Waals surface area contributed by atoms with E-state index in [9.17, 15) is 4.79 Å². The van der Waals surface area contributed by atoms with Crippen molar-refractivity contribution in [2.75, 3.05) is 6.61 Å². The highest BCUT2D eigenvalue weighted by molar-refractivity contribution is 5.68. The van der Waals surface area contributed by atoms with Crippen molar-refractivity contribution in [1.82, 2.24) is 9.78 Å². The maximum atomic E-state index is 11.0. The molecular formula is C14H20N2O3. The first-order valence-corrected chi connectivity index (χ1v) is 7.12. The van der Waals surface area contributed by atoms with Crippen molar-refractivity contribution in [2.45, 2.75) is 56.9 Å². The average Bonchev–Trinajstić information content (AvgIpc) is 3.14. The highest BCUT2D eigenvalue weighted by Crippen LogP contribution is 2.46. The fraction of sp³-hybridized carbons (Fsp3) is 0.714. The maximum absolute atomic E-state index is 11.0. The van der Waals surface area contributed by atoms with Crippen LogP contribution in [0.15, 0.2) is 0 Å². The molecule has 1 heterocycles. The van der Waals surface area contributed by atoms with Crippen LogP contribution in [0.2, 0.25) is 0 Å². The van der Waals surface area contributed by atoms with E-state index in [1.165, 1.54) is 24.1 Å². The zero-order valence-corrected chi connectivity index (χ0v) is 11.0. The third kappa shape index (κ3) is 2.39. The number of aliphatic hydroxyl groups excluding tert-OH is 1. The number of nitrogens with zero attached hydrogens (tertiary/aromatic N) is 2. The smallest absolute Gasteiger partial charge is 0.303 e. The first-order valence-electron chi connectivity index (χ1n) is 7.12. The van der Waals surface area contributed by atoms with E-state index in [4.69, 9.17) is 10.2 Å². The Hall–Kier alpha value is -1.36. The monoisotopic (exact) mass is 264 g/mol. The Bertz CT molecular complexity index is 491. The second-order valence-electron chi connectivity index (χ2n) is 5.65. The molecule has 0 bridgehead atoms. The molecule has 1 aromatic heterocycles. The molecule has 5 heteroatoms. The quantitative estimate of drug-likeness (QED) is 0.848. The first-order chi connectivity index (χ1) is 9.20. The summed E-state index contributed by atoms with van der Waals surface area (Å²) in [6, 6.07) is 0. The van der Waals surface area contributed by atoms with Gasteiger partial charge < -0.3 is 10.2 Å². The van der Waals surface area contributed by atoms with Crippen LogP contribution in [0.4, 0.5) is 0 Å². The lowest BCUT2D eigenvalue weighted by Gasteiger charge is -2.22. The molecule has 2 aliphatic carbocycles. The van der Waals surface area contributed by atoms with Crippen molar-refractivity contribution in [3.8, 4) is 0 Å². The highest BCUT2D eigenvalue weighted by atomic mass is 16.4. The van der Waals surface area contributed by atoms with Crippen LogP contribution in [-0.2, 0) is 17.8 Å². The molecule has 5 nitrogen and oxygen atoms in total. The second-order valence-corrected chi connectivity index (χ2v) is 5.65. The largest absolute Gasteiger partial charge is 0.481 e. The SMILES string of the molecule is O=C(O)CC1CCCc2c1c(C1CC1)nn2CCO. The third-order valence-electron chi connectivity index (χ3n) is 4.20. The van der Waals surface area contributed by atoms with Crippen LogP contribution in [0.3, 0.4) is 0 Å². The normalized spacial score (nSPS) is 22.3. The van der Waals surface area contributed by atoms with E-state index in [1.807, 2.05) is 4.68 Å². The van der Waals surface area contributed by atoms with Crippen molar-refractivity contribution in [3.05, 3.63) is 17.0 Å². The van der Waals surface area contributed by atoms with Gasteiger partial charge in [-0.1, -0.05) is 0 Å². The van der Waals surface area contributed by atoms with Gasteiger partial charge in [-0.3, -0.25) is 9.48 Å². The van der Waals surface area contributed by atoms with Gasteiger partial charge in [0.05, 0.1) is 25.3 Å². The molecule has 104 valence electrons. The summed E-state index contributed by atoms with van der Waals surface area (Å²) in [5.74, 6) is -0.0816. The number of carbonyl (C=O) groups is 1. The lowest BCUT2D eigenvalue weighted by Crippen LogP contribution is -2.16. The number of hydrogen-bond donors (Lipinski definition) is 2. The van der Waals surface area contributed by atoms with Gasteiger partial charge in [0, 0.05) is 17.2 Å². The van der Waals surface area contributed by atoms with Crippen LogP contribution in [0, 0.1) is 0 Å². The Kier molecular flexibility index (Phi) is 3.31. The van der Waals surface area contributed by atoms with E-state index in [-0.39, 0.29) is 18.9 Å². The van der Waals surface area contributed by atoms with Crippen molar-refractivity contribution < 1.29 is 15.0 Å². The van der Waals surface area contributed by atoms with Crippen molar-refractivity contribution in [2.24, 2.45) is 0 Å². The molecule has 0 saturated heterocycles. The minimum absolute atomic E-state index is 0.0851. The van der Waals surface area contributed by atoms with Crippen LogP contribution >= 0.6 is 0 Å². The fourth-order valence-corrected chi connectivity index (χ4v) is 3.25. The highest BCUT2D eigenvalue weighted by Gasteiger charge is 2.36. The summed E-state index contributed by atoms with van der Waals surface area (Å²) in [5.41, 5.74) is 3.49. The lowest BCUT2D eigenvalue weighted by molar-refractivity contribution is -0.137. The Morgan fingerprint density at radius 2 is 2.16 bits per heavy atom. The number of fused-ring (bicyclic) bond motifs is 1. The molecule has 0 aliphatic heterocycles. The van der Waals surface area contributed by atoms with Crippen molar-refractivity contribution >= 4 is 5.97 Å². The van der Waals surface area contributed by atoms with Gasteiger partial charge in [0.1, 0.15) is 0 Å². The Labute approximate surface area is 112 Å². The van der Waals surface area contributed by atoms with Crippen LogP contribution < -0.4 is 0 Å². The molecule has 0 aromatic carbocycles. The molecule has 2 aliphatic rings. The van der Waals surface area contributed by atoms with Gasteiger partial charge in [0.25, 0.3) is 0 Å². The minimum atomic E-state index is -0.727. The average molecular weight is 264 g/mol. The maximum Gasteiger partial charge on any atom is 0.303 e. The van der Waals surface area contributed by atoms with E-state index in [2.05, 4.69) is 5.10 Å². The predicted molar refractivity (Wildman–Crippen MR) is 69.2 cm³/mol. The molecule has 1 saturated carbocycles. The molecule has 0 radical (unpaired) electrons. The van der Waals surface area contributed by atoms with Gasteiger partial charge in [-0.25, -0.2) is 0 Å². The van der Waals surface area contributed by atoms with E-state index in [0.717, 1.165) is 25.0 Å². The predicted octanol–water partition coefficient (Wildman–Crippen LogP) is 1.65. The number of carboxylic acid groups (broad SMARTS) is 1. The molecule has 1 fully saturated rings. The number of hydrogen-bond acceptors (Lipinski definition) is 3. The molecule has 1 unspecified atom stereocenters. The molecule has 3 rings (SSSR count). The Morgan fingerprint density at radius 3 is 2.79 bits per heavy atom. The third-order valence-corrected chi connectivity index (χ3v) is 4.20. The number of aliphatic hydroxyl groups is 1. The summed E-state index contributed by atoms with van der Waals surface area (Å²) in [5, 5.41) is 22.9. The molecular weight excluding hydrogens is 244 g/mol. The van der Waals surface area contributed by atoms with Crippen LogP contribution in [0.1, 0.15) is 60.9 Å². The number of rotatable bonds is 5. The Balaban J connectivity index is 1.99. The number of aliphatic carboxylic acids is 1. The zero-order valence-electron chi connectivity index (χ0n) is 11.0. The standard InChI is InChI=1S/C14H20N2O3/c17-7-6-16-11-3-1-2-10(8-12(18)19)13(11)14(15-16)9-4-5-9/h9-10,17H,1-8H2,(H,18,19). The van der Waals surface area contributed by atoms with E-state index < -0.39 is 5.97 Å². The van der Waals surface area contributed by atoms with Gasteiger partial charge >= 0.3 is 5.97 Å². The van der Waals surface area contributed by atoms with Gasteiger partial charge in [-0.15, -0.1) is 0 Å². The van der Waals surface area contributed by atoms with Gasteiger partial charge in [-0.2, -0.15) is 5.10 Å². The molecule has 1 atom stereocenters. The molecule has 1 aromatic rings. The van der Waals surface area contributed by atoms with Gasteiger partial charge in [0.2, 0.25) is 0 Å². The van der Waals surface area contributed by atoms with Crippen LogP contribution in [-0.4, -0.2) is 32.6 Å². The van der Waals surface area contributed by atoms with E-state index in [1.54, 1.807) is 0 Å². The fourth-order valence-electron chi connectivity index (χ4n) is 3.25. The second kappa shape index (κ2) is 4.96. The molecule has 19 heavy (non-hydrogen) atoms. The summed E-state index contributed by atoms with van der Waals surface area (Å²) >= 11 is 0. The summed E-state index contributed by atoms with van der Waals surface area (Å²) in [6.45, 7) is 0.608. The first kappa shape index (κ1) is 12.7. The minimum Gasteiger partial charge on any atom is -0.481 e.